The van der Waals surface area contributed by atoms with Gasteiger partial charge < -0.3 is 20.1 Å². The van der Waals surface area contributed by atoms with Gasteiger partial charge in [0.05, 0.1) is 17.7 Å². The van der Waals surface area contributed by atoms with Gasteiger partial charge in [-0.05, 0) is 55.2 Å². The summed E-state index contributed by atoms with van der Waals surface area (Å²) in [5, 5.41) is 14.6. The standard InChI is InChI=1S/C29H37N3O4/c1-19(2)21-5-7-22(8-6-21)26-25(27(33)23-9-11-24(12-10-23)36-20(3)4)28(34)29(35)32(26)18-17-31-15-13-30-14-16-31/h5-12,19-20,26,30,33H,13-18H2,1-4H3/t26-/m0/s1. The predicted octanol–water partition coefficient (Wildman–Crippen LogP) is 3.92. The summed E-state index contributed by atoms with van der Waals surface area (Å²) in [6.07, 6.45) is 0.0271. The molecule has 2 N–H and O–H groups in total. The number of benzene rings is 2. The fraction of sp³-hybridized carbons (Fsp3) is 0.448. The zero-order valence-electron chi connectivity index (χ0n) is 21.7. The van der Waals surface area contributed by atoms with Crippen molar-refractivity contribution in [3.05, 3.63) is 70.8 Å². The molecule has 2 aliphatic rings. The van der Waals surface area contributed by atoms with Crippen LogP contribution in [0.15, 0.2) is 54.1 Å². The number of rotatable bonds is 8. The van der Waals surface area contributed by atoms with Crippen molar-refractivity contribution in [3.8, 4) is 5.75 Å². The molecule has 2 aliphatic heterocycles. The van der Waals surface area contributed by atoms with Crippen LogP contribution >= 0.6 is 0 Å². The number of likely N-dealkylation sites (tertiary alicyclic amines) is 1. The van der Waals surface area contributed by atoms with Crippen LogP contribution in [0.4, 0.5) is 0 Å². The highest BCUT2D eigenvalue weighted by Gasteiger charge is 2.46. The molecule has 7 heteroatoms. The molecular weight excluding hydrogens is 454 g/mol. The Morgan fingerprint density at radius 1 is 0.972 bits per heavy atom. The Hall–Kier alpha value is -3.16. The van der Waals surface area contributed by atoms with Crippen LogP contribution in [0.5, 0.6) is 5.75 Å². The zero-order valence-corrected chi connectivity index (χ0v) is 21.7. The van der Waals surface area contributed by atoms with Crippen LogP contribution in [0.3, 0.4) is 0 Å². The molecule has 0 saturated carbocycles. The monoisotopic (exact) mass is 491 g/mol. The molecule has 2 saturated heterocycles. The van der Waals surface area contributed by atoms with Gasteiger partial charge in [-0.25, -0.2) is 0 Å². The van der Waals surface area contributed by atoms with E-state index in [2.05, 4.69) is 24.1 Å². The summed E-state index contributed by atoms with van der Waals surface area (Å²) in [5.41, 5.74) is 2.61. The number of carbonyl (C=O) groups excluding carboxylic acids is 2. The number of piperazine rings is 1. The summed E-state index contributed by atoms with van der Waals surface area (Å²) in [4.78, 5) is 30.4. The maximum absolute atomic E-state index is 13.3. The van der Waals surface area contributed by atoms with E-state index in [1.54, 1.807) is 29.2 Å². The molecule has 36 heavy (non-hydrogen) atoms. The predicted molar refractivity (Wildman–Crippen MR) is 141 cm³/mol. The molecule has 0 radical (unpaired) electrons. The molecule has 2 heterocycles. The van der Waals surface area contributed by atoms with Gasteiger partial charge in [0.15, 0.2) is 0 Å². The highest BCUT2D eigenvalue weighted by molar-refractivity contribution is 6.46. The van der Waals surface area contributed by atoms with Crippen LogP contribution in [0.2, 0.25) is 0 Å². The number of nitrogens with zero attached hydrogens (tertiary/aromatic N) is 2. The zero-order chi connectivity index (χ0) is 25.8. The Kier molecular flexibility index (Phi) is 8.11. The maximum atomic E-state index is 13.3. The second-order valence-electron chi connectivity index (χ2n) is 10.1. The number of hydrogen-bond donors (Lipinski definition) is 2. The van der Waals surface area contributed by atoms with Crippen molar-refractivity contribution in [1.29, 1.82) is 0 Å². The van der Waals surface area contributed by atoms with Gasteiger partial charge in [-0.15, -0.1) is 0 Å². The molecule has 0 bridgehead atoms. The molecule has 2 aromatic rings. The van der Waals surface area contributed by atoms with Crippen LogP contribution in [-0.4, -0.2) is 72.0 Å². The van der Waals surface area contributed by atoms with Crippen LogP contribution < -0.4 is 10.1 Å². The highest BCUT2D eigenvalue weighted by Crippen LogP contribution is 2.39. The number of hydrogen-bond acceptors (Lipinski definition) is 6. The van der Waals surface area contributed by atoms with Crippen LogP contribution in [0.1, 0.15) is 56.3 Å². The first-order valence-corrected chi connectivity index (χ1v) is 12.8. The van der Waals surface area contributed by atoms with Gasteiger partial charge in [0, 0.05) is 44.8 Å². The summed E-state index contributed by atoms with van der Waals surface area (Å²) in [6.45, 7) is 12.9. The Balaban J connectivity index is 1.70. The minimum atomic E-state index is -0.645. The van der Waals surface area contributed by atoms with Crippen LogP contribution in [0, 0.1) is 0 Å². The molecule has 7 nitrogen and oxygen atoms in total. The van der Waals surface area contributed by atoms with Crippen molar-refractivity contribution in [2.24, 2.45) is 0 Å². The van der Waals surface area contributed by atoms with Gasteiger partial charge in [0.25, 0.3) is 11.7 Å². The van der Waals surface area contributed by atoms with Crippen LogP contribution in [-0.2, 0) is 9.59 Å². The molecule has 1 amide bonds. The van der Waals surface area contributed by atoms with Crippen molar-refractivity contribution in [1.82, 2.24) is 15.1 Å². The lowest BCUT2D eigenvalue weighted by Crippen LogP contribution is -2.46. The number of carbonyl (C=O) groups is 2. The summed E-state index contributed by atoms with van der Waals surface area (Å²) in [7, 11) is 0. The number of nitrogens with one attached hydrogen (secondary N) is 1. The normalized spacial score (nSPS) is 20.5. The number of aliphatic hydroxyl groups excluding tert-OH is 1. The Labute approximate surface area is 213 Å². The molecule has 2 fully saturated rings. The smallest absolute Gasteiger partial charge is 0.295 e. The summed E-state index contributed by atoms with van der Waals surface area (Å²) in [6, 6.07) is 14.3. The molecule has 192 valence electrons. The van der Waals surface area contributed by atoms with Gasteiger partial charge in [-0.3, -0.25) is 14.5 Å². The molecule has 1 atom stereocenters. The minimum Gasteiger partial charge on any atom is -0.507 e. The number of ketones is 1. The van der Waals surface area contributed by atoms with Crippen molar-refractivity contribution < 1.29 is 19.4 Å². The van der Waals surface area contributed by atoms with Gasteiger partial charge in [-0.1, -0.05) is 38.1 Å². The van der Waals surface area contributed by atoms with E-state index < -0.39 is 17.7 Å². The van der Waals surface area contributed by atoms with Crippen LogP contribution in [0.25, 0.3) is 5.76 Å². The third kappa shape index (κ3) is 5.63. The van der Waals surface area contributed by atoms with E-state index in [1.165, 1.54) is 5.56 Å². The summed E-state index contributed by atoms with van der Waals surface area (Å²) in [5.74, 6) is -0.326. The Morgan fingerprint density at radius 2 is 1.61 bits per heavy atom. The van der Waals surface area contributed by atoms with Gasteiger partial charge in [-0.2, -0.15) is 0 Å². The van der Waals surface area contributed by atoms with Gasteiger partial charge in [0.1, 0.15) is 11.5 Å². The SMILES string of the molecule is CC(C)Oc1ccc(C(O)=C2C(=O)C(=O)N(CCN3CCNCC3)[C@H]2c2ccc(C(C)C)cc2)cc1. The molecule has 0 aliphatic carbocycles. The lowest BCUT2D eigenvalue weighted by Gasteiger charge is -2.31. The third-order valence-electron chi connectivity index (χ3n) is 6.83. The summed E-state index contributed by atoms with van der Waals surface area (Å²) >= 11 is 0. The second-order valence-corrected chi connectivity index (χ2v) is 10.1. The Bertz CT molecular complexity index is 1100. The average Bonchev–Trinajstić information content (AvgIpc) is 3.12. The summed E-state index contributed by atoms with van der Waals surface area (Å²) < 4.78 is 5.70. The van der Waals surface area contributed by atoms with E-state index in [0.717, 1.165) is 31.7 Å². The van der Waals surface area contributed by atoms with E-state index in [0.29, 0.717) is 30.3 Å². The van der Waals surface area contributed by atoms with Crippen molar-refractivity contribution in [2.45, 2.75) is 45.8 Å². The molecular formula is C29H37N3O4. The second kappa shape index (κ2) is 11.3. The maximum Gasteiger partial charge on any atom is 0.295 e. The molecule has 0 spiro atoms. The molecule has 0 unspecified atom stereocenters. The van der Waals surface area contributed by atoms with E-state index >= 15 is 0 Å². The largest absolute Gasteiger partial charge is 0.507 e. The topological polar surface area (TPSA) is 82.1 Å². The van der Waals surface area contributed by atoms with Crippen molar-refractivity contribution in [2.75, 3.05) is 39.3 Å². The van der Waals surface area contributed by atoms with Gasteiger partial charge in [0.2, 0.25) is 0 Å². The number of Topliss-reactive ketones (excluding diaryl/α,β-unsaturated/α-hetero) is 1. The molecule has 2 aromatic carbocycles. The number of amides is 1. The lowest BCUT2D eigenvalue weighted by atomic mass is 9.93. The lowest BCUT2D eigenvalue weighted by molar-refractivity contribution is -0.140. The number of ether oxygens (including phenoxy) is 1. The van der Waals surface area contributed by atoms with Gasteiger partial charge >= 0.3 is 0 Å². The number of aliphatic hydroxyl groups is 1. The minimum absolute atomic E-state index is 0.0271. The Morgan fingerprint density at radius 3 is 2.19 bits per heavy atom. The van der Waals surface area contributed by atoms with E-state index in [4.69, 9.17) is 4.74 Å². The van der Waals surface area contributed by atoms with Crippen molar-refractivity contribution in [3.63, 3.8) is 0 Å². The van der Waals surface area contributed by atoms with E-state index in [9.17, 15) is 14.7 Å². The molecule has 4 rings (SSSR count). The fourth-order valence-corrected chi connectivity index (χ4v) is 4.82. The first-order valence-electron chi connectivity index (χ1n) is 12.8. The first-order chi connectivity index (χ1) is 17.3. The van der Waals surface area contributed by atoms with Crippen molar-refractivity contribution >= 4 is 17.4 Å². The fourth-order valence-electron chi connectivity index (χ4n) is 4.82. The third-order valence-corrected chi connectivity index (χ3v) is 6.83. The highest BCUT2D eigenvalue weighted by atomic mass is 16.5. The molecule has 0 aromatic heterocycles. The van der Waals surface area contributed by atoms with E-state index in [-0.39, 0.29) is 17.4 Å². The average molecular weight is 492 g/mol. The first kappa shape index (κ1) is 25.9. The quantitative estimate of drug-likeness (QED) is 0.331. The van der Waals surface area contributed by atoms with E-state index in [1.807, 2.05) is 38.1 Å².